The Bertz CT molecular complexity index is 564. The summed E-state index contributed by atoms with van der Waals surface area (Å²) in [5.41, 5.74) is 0.335. The van der Waals surface area contributed by atoms with E-state index in [0.29, 0.717) is 30.6 Å². The van der Waals surface area contributed by atoms with E-state index in [1.807, 2.05) is 13.8 Å². The molecular formula is C18H22O4. The predicted octanol–water partition coefficient (Wildman–Crippen LogP) is 3.23. The molecule has 1 aliphatic rings. The van der Waals surface area contributed by atoms with Crippen molar-refractivity contribution < 1.29 is 19.1 Å². The number of hydrogen-bond donors (Lipinski definition) is 0. The lowest BCUT2D eigenvalue weighted by Gasteiger charge is -2.31. The molecule has 22 heavy (non-hydrogen) atoms. The number of carbonyl (C=O) groups is 3. The number of ether oxygens (including phenoxy) is 1. The molecule has 4 heteroatoms. The van der Waals surface area contributed by atoms with Crippen molar-refractivity contribution in [2.45, 2.75) is 39.5 Å². The maximum Gasteiger partial charge on any atom is 0.162 e. The quantitative estimate of drug-likeness (QED) is 0.619. The fourth-order valence-electron chi connectivity index (χ4n) is 2.95. The number of Topliss-reactive ketones (excluding diaryl/α,β-unsaturated/α-hetero) is 3. The molecule has 0 bridgehead atoms. The molecule has 1 saturated carbocycles. The summed E-state index contributed by atoms with van der Waals surface area (Å²) in [6.07, 6.45) is 1.37. The van der Waals surface area contributed by atoms with Crippen molar-refractivity contribution in [3.8, 4) is 5.75 Å². The molecule has 1 aromatic carbocycles. The Hall–Kier alpha value is -1.97. The lowest BCUT2D eigenvalue weighted by molar-refractivity contribution is -0.139. The molecular weight excluding hydrogens is 280 g/mol. The molecule has 0 aliphatic heterocycles. The highest BCUT2D eigenvalue weighted by molar-refractivity contribution is 6.06. The van der Waals surface area contributed by atoms with Gasteiger partial charge in [-0.1, -0.05) is 13.8 Å². The molecule has 0 heterocycles. The second-order valence-electron chi connectivity index (χ2n) is 6.69. The fourth-order valence-corrected chi connectivity index (χ4v) is 2.95. The molecule has 0 unspecified atom stereocenters. The van der Waals surface area contributed by atoms with Crippen LogP contribution in [-0.2, 0) is 9.59 Å². The lowest BCUT2D eigenvalue weighted by Crippen LogP contribution is -2.37. The largest absolute Gasteiger partial charge is 0.497 e. The average Bonchev–Trinajstić information content (AvgIpc) is 2.45. The Labute approximate surface area is 130 Å². The van der Waals surface area contributed by atoms with Gasteiger partial charge >= 0.3 is 0 Å². The summed E-state index contributed by atoms with van der Waals surface area (Å²) in [5, 5.41) is 0. The monoisotopic (exact) mass is 302 g/mol. The predicted molar refractivity (Wildman–Crippen MR) is 83.1 cm³/mol. The zero-order valence-electron chi connectivity index (χ0n) is 13.3. The van der Waals surface area contributed by atoms with Gasteiger partial charge in [-0.05, 0) is 36.1 Å². The van der Waals surface area contributed by atoms with Crippen LogP contribution in [0, 0.1) is 11.3 Å². The van der Waals surface area contributed by atoms with Crippen LogP contribution in [0.25, 0.3) is 0 Å². The number of methoxy groups -OCH3 is 1. The Balaban J connectivity index is 1.95. The van der Waals surface area contributed by atoms with Crippen LogP contribution in [0.5, 0.6) is 5.75 Å². The molecule has 0 spiro atoms. The number of benzene rings is 1. The SMILES string of the molecule is COc1ccc(C(=O)CCC2C(=O)CC(C)(C)CC2=O)cc1. The molecule has 0 saturated heterocycles. The Morgan fingerprint density at radius 2 is 1.68 bits per heavy atom. The van der Waals surface area contributed by atoms with E-state index in [1.165, 1.54) is 0 Å². The first kappa shape index (κ1) is 16.4. The van der Waals surface area contributed by atoms with Gasteiger partial charge in [0.25, 0.3) is 0 Å². The zero-order chi connectivity index (χ0) is 16.3. The first-order valence-corrected chi connectivity index (χ1v) is 7.55. The van der Waals surface area contributed by atoms with Gasteiger partial charge < -0.3 is 4.74 Å². The van der Waals surface area contributed by atoms with E-state index in [2.05, 4.69) is 0 Å². The Morgan fingerprint density at radius 3 is 2.18 bits per heavy atom. The smallest absolute Gasteiger partial charge is 0.162 e. The van der Waals surface area contributed by atoms with E-state index in [1.54, 1.807) is 31.4 Å². The van der Waals surface area contributed by atoms with E-state index in [-0.39, 0.29) is 29.2 Å². The number of hydrogen-bond acceptors (Lipinski definition) is 4. The molecule has 1 aromatic rings. The van der Waals surface area contributed by atoms with Crippen LogP contribution < -0.4 is 4.74 Å². The van der Waals surface area contributed by atoms with Gasteiger partial charge in [0, 0.05) is 24.8 Å². The second-order valence-corrected chi connectivity index (χ2v) is 6.69. The lowest BCUT2D eigenvalue weighted by atomic mass is 9.70. The minimum atomic E-state index is -0.602. The van der Waals surface area contributed by atoms with Crippen molar-refractivity contribution in [1.82, 2.24) is 0 Å². The van der Waals surface area contributed by atoms with Gasteiger partial charge in [0.2, 0.25) is 0 Å². The highest BCUT2D eigenvalue weighted by Gasteiger charge is 2.39. The minimum Gasteiger partial charge on any atom is -0.497 e. The molecule has 1 fully saturated rings. The van der Waals surface area contributed by atoms with Crippen LogP contribution >= 0.6 is 0 Å². The van der Waals surface area contributed by atoms with Gasteiger partial charge in [-0.25, -0.2) is 0 Å². The summed E-state index contributed by atoms with van der Waals surface area (Å²) in [5.74, 6) is -0.00714. The Morgan fingerprint density at radius 1 is 1.14 bits per heavy atom. The molecule has 0 aromatic heterocycles. The maximum absolute atomic E-state index is 12.2. The zero-order valence-corrected chi connectivity index (χ0v) is 13.3. The summed E-state index contributed by atoms with van der Waals surface area (Å²) >= 11 is 0. The van der Waals surface area contributed by atoms with E-state index in [0.717, 1.165) is 0 Å². The minimum absolute atomic E-state index is 0.0243. The number of ketones is 3. The van der Waals surface area contributed by atoms with E-state index < -0.39 is 5.92 Å². The van der Waals surface area contributed by atoms with Gasteiger partial charge in [0.1, 0.15) is 17.3 Å². The second kappa shape index (κ2) is 6.42. The molecule has 0 N–H and O–H groups in total. The first-order chi connectivity index (χ1) is 10.3. The summed E-state index contributed by atoms with van der Waals surface area (Å²) in [6, 6.07) is 6.86. The Kier molecular flexibility index (Phi) is 4.79. The summed E-state index contributed by atoms with van der Waals surface area (Å²) in [4.78, 5) is 36.4. The van der Waals surface area contributed by atoms with Crippen LogP contribution in [0.3, 0.4) is 0 Å². The van der Waals surface area contributed by atoms with Crippen LogP contribution in [0.1, 0.15) is 49.9 Å². The average molecular weight is 302 g/mol. The van der Waals surface area contributed by atoms with E-state index in [4.69, 9.17) is 4.74 Å². The van der Waals surface area contributed by atoms with Gasteiger partial charge in [-0.15, -0.1) is 0 Å². The van der Waals surface area contributed by atoms with Crippen LogP contribution in [-0.4, -0.2) is 24.5 Å². The third-order valence-corrected chi connectivity index (χ3v) is 4.15. The van der Waals surface area contributed by atoms with Gasteiger partial charge in [0.15, 0.2) is 5.78 Å². The molecule has 0 atom stereocenters. The summed E-state index contributed by atoms with van der Waals surface area (Å²) in [7, 11) is 1.57. The van der Waals surface area contributed by atoms with Crippen molar-refractivity contribution >= 4 is 17.3 Å². The van der Waals surface area contributed by atoms with Gasteiger partial charge in [0.05, 0.1) is 13.0 Å². The van der Waals surface area contributed by atoms with Crippen LogP contribution in [0.2, 0.25) is 0 Å². The maximum atomic E-state index is 12.2. The molecule has 118 valence electrons. The third kappa shape index (κ3) is 3.81. The van der Waals surface area contributed by atoms with Crippen LogP contribution in [0.15, 0.2) is 24.3 Å². The highest BCUT2D eigenvalue weighted by Crippen LogP contribution is 2.35. The van der Waals surface area contributed by atoms with Crippen molar-refractivity contribution in [3.63, 3.8) is 0 Å². The molecule has 1 aliphatic carbocycles. The topological polar surface area (TPSA) is 60.4 Å². The van der Waals surface area contributed by atoms with Gasteiger partial charge in [-0.2, -0.15) is 0 Å². The van der Waals surface area contributed by atoms with Crippen molar-refractivity contribution in [2.24, 2.45) is 11.3 Å². The standard InChI is InChI=1S/C18H22O4/c1-18(2)10-16(20)14(17(21)11-18)8-9-15(19)12-4-6-13(22-3)7-5-12/h4-7,14H,8-11H2,1-3H3. The molecule has 2 rings (SSSR count). The molecule has 0 radical (unpaired) electrons. The van der Waals surface area contributed by atoms with E-state index in [9.17, 15) is 14.4 Å². The third-order valence-electron chi connectivity index (χ3n) is 4.15. The fraction of sp³-hybridized carbons (Fsp3) is 0.500. The van der Waals surface area contributed by atoms with Crippen molar-refractivity contribution in [3.05, 3.63) is 29.8 Å². The molecule has 4 nitrogen and oxygen atoms in total. The van der Waals surface area contributed by atoms with E-state index >= 15 is 0 Å². The van der Waals surface area contributed by atoms with Gasteiger partial charge in [-0.3, -0.25) is 14.4 Å². The van der Waals surface area contributed by atoms with Crippen molar-refractivity contribution in [1.29, 1.82) is 0 Å². The van der Waals surface area contributed by atoms with Crippen LogP contribution in [0.4, 0.5) is 0 Å². The molecule has 0 amide bonds. The normalized spacial score (nSPS) is 18.3. The highest BCUT2D eigenvalue weighted by atomic mass is 16.5. The first-order valence-electron chi connectivity index (χ1n) is 7.55. The van der Waals surface area contributed by atoms with Crippen molar-refractivity contribution in [2.75, 3.05) is 7.11 Å². The number of carbonyl (C=O) groups excluding carboxylic acids is 3. The summed E-state index contributed by atoms with van der Waals surface area (Å²) in [6.45, 7) is 3.86. The number of rotatable bonds is 5. The summed E-state index contributed by atoms with van der Waals surface area (Å²) < 4.78 is 5.05.